The SMILES string of the molecule is N#C/C(=C\c1ccc(/C=C(\C#N)C(=O)N[C@@H](CO)c2ccccc2)cc1)C(=O)N[C@@H](CO)c1ccccc1. The minimum Gasteiger partial charge on any atom is -0.394 e. The Balaban J connectivity index is 1.71. The second-order valence-electron chi connectivity index (χ2n) is 8.24. The molecule has 190 valence electrons. The number of carbonyl (C=O) groups excluding carboxylic acids is 2. The van der Waals surface area contributed by atoms with Gasteiger partial charge in [-0.1, -0.05) is 84.9 Å². The molecule has 0 aliphatic rings. The van der Waals surface area contributed by atoms with Gasteiger partial charge in [-0.15, -0.1) is 0 Å². The highest BCUT2D eigenvalue weighted by molar-refractivity contribution is 6.02. The Hall–Kier alpha value is -5.02. The Morgan fingerprint density at radius 1 is 0.658 bits per heavy atom. The number of hydrogen-bond donors (Lipinski definition) is 4. The fourth-order valence-corrected chi connectivity index (χ4v) is 3.63. The van der Waals surface area contributed by atoms with E-state index in [0.29, 0.717) is 22.3 Å². The molecule has 4 N–H and O–H groups in total. The van der Waals surface area contributed by atoms with Crippen molar-refractivity contribution in [2.75, 3.05) is 13.2 Å². The first kappa shape index (κ1) is 27.6. The van der Waals surface area contributed by atoms with Crippen molar-refractivity contribution in [2.45, 2.75) is 12.1 Å². The zero-order chi connectivity index (χ0) is 27.3. The third-order valence-corrected chi connectivity index (χ3v) is 5.67. The van der Waals surface area contributed by atoms with E-state index in [1.807, 2.05) is 24.3 Å². The molecule has 8 nitrogen and oxygen atoms in total. The summed E-state index contributed by atoms with van der Waals surface area (Å²) in [7, 11) is 0. The molecule has 8 heteroatoms. The summed E-state index contributed by atoms with van der Waals surface area (Å²) in [6, 6.07) is 26.9. The number of nitriles is 2. The van der Waals surface area contributed by atoms with Crippen molar-refractivity contribution in [3.05, 3.63) is 118 Å². The highest BCUT2D eigenvalue weighted by Gasteiger charge is 2.18. The van der Waals surface area contributed by atoms with Gasteiger partial charge in [-0.05, 0) is 34.4 Å². The van der Waals surface area contributed by atoms with Gasteiger partial charge in [0.05, 0.1) is 25.3 Å². The molecule has 3 aromatic rings. The first-order valence-corrected chi connectivity index (χ1v) is 11.8. The lowest BCUT2D eigenvalue weighted by molar-refractivity contribution is -0.118. The van der Waals surface area contributed by atoms with Crippen LogP contribution in [0.25, 0.3) is 12.2 Å². The van der Waals surface area contributed by atoms with E-state index in [4.69, 9.17) is 0 Å². The fraction of sp³-hybridized carbons (Fsp3) is 0.133. The van der Waals surface area contributed by atoms with Crippen molar-refractivity contribution in [3.63, 3.8) is 0 Å². The summed E-state index contributed by atoms with van der Waals surface area (Å²) in [4.78, 5) is 25.3. The van der Waals surface area contributed by atoms with E-state index >= 15 is 0 Å². The van der Waals surface area contributed by atoms with Crippen LogP contribution in [0.1, 0.15) is 34.3 Å². The van der Waals surface area contributed by atoms with Crippen LogP contribution in [0.2, 0.25) is 0 Å². The molecule has 0 aliphatic carbocycles. The van der Waals surface area contributed by atoms with Gasteiger partial charge in [0.2, 0.25) is 0 Å². The number of rotatable bonds is 10. The maximum Gasteiger partial charge on any atom is 0.262 e. The van der Waals surface area contributed by atoms with E-state index < -0.39 is 23.9 Å². The van der Waals surface area contributed by atoms with E-state index in [0.717, 1.165) is 0 Å². The molecule has 0 heterocycles. The van der Waals surface area contributed by atoms with Gasteiger partial charge in [0.15, 0.2) is 0 Å². The molecule has 0 saturated carbocycles. The van der Waals surface area contributed by atoms with Gasteiger partial charge in [0.1, 0.15) is 23.3 Å². The monoisotopic (exact) mass is 506 g/mol. The predicted octanol–water partition coefficient (Wildman–Crippen LogP) is 3.20. The van der Waals surface area contributed by atoms with Crippen LogP contribution in [0.15, 0.2) is 96.1 Å². The number of nitrogens with one attached hydrogen (secondary N) is 2. The maximum absolute atomic E-state index is 12.6. The molecule has 2 atom stereocenters. The lowest BCUT2D eigenvalue weighted by atomic mass is 10.0. The van der Waals surface area contributed by atoms with Crippen molar-refractivity contribution in [1.29, 1.82) is 10.5 Å². The van der Waals surface area contributed by atoms with Crippen LogP contribution in [-0.2, 0) is 9.59 Å². The van der Waals surface area contributed by atoms with Gasteiger partial charge >= 0.3 is 0 Å². The molecule has 0 unspecified atom stereocenters. The van der Waals surface area contributed by atoms with Crippen LogP contribution < -0.4 is 10.6 Å². The van der Waals surface area contributed by atoms with E-state index in [2.05, 4.69) is 10.6 Å². The van der Waals surface area contributed by atoms with Gasteiger partial charge in [0, 0.05) is 0 Å². The Bertz CT molecular complexity index is 1280. The molecular formula is C30H26N4O4. The Morgan fingerprint density at radius 2 is 1.00 bits per heavy atom. The van der Waals surface area contributed by atoms with Gasteiger partial charge < -0.3 is 20.8 Å². The molecule has 0 spiro atoms. The molecule has 0 saturated heterocycles. The number of amides is 2. The third kappa shape index (κ3) is 7.49. The number of nitrogens with zero attached hydrogens (tertiary/aromatic N) is 2. The highest BCUT2D eigenvalue weighted by atomic mass is 16.3. The van der Waals surface area contributed by atoms with Crippen LogP contribution in [0.3, 0.4) is 0 Å². The van der Waals surface area contributed by atoms with Crippen molar-refractivity contribution in [1.82, 2.24) is 10.6 Å². The van der Waals surface area contributed by atoms with Gasteiger partial charge in [0.25, 0.3) is 11.8 Å². The summed E-state index contributed by atoms with van der Waals surface area (Å²) in [5, 5.41) is 43.7. The molecule has 0 bridgehead atoms. The normalized spacial score (nSPS) is 12.9. The number of benzene rings is 3. The predicted molar refractivity (Wildman–Crippen MR) is 142 cm³/mol. The van der Waals surface area contributed by atoms with Crippen LogP contribution in [0, 0.1) is 22.7 Å². The smallest absolute Gasteiger partial charge is 0.262 e. The summed E-state index contributed by atoms with van der Waals surface area (Å²) >= 11 is 0. The van der Waals surface area contributed by atoms with Crippen molar-refractivity contribution >= 4 is 24.0 Å². The molecule has 0 aromatic heterocycles. The topological polar surface area (TPSA) is 146 Å². The summed E-state index contributed by atoms with van der Waals surface area (Å²) in [5.74, 6) is -1.25. The quantitative estimate of drug-likeness (QED) is 0.245. The van der Waals surface area contributed by atoms with Crippen molar-refractivity contribution < 1.29 is 19.8 Å². The standard InChI is InChI=1S/C30H26N4O4/c31-17-25(29(37)33-27(19-35)23-7-3-1-4-8-23)15-21-11-13-22(14-12-21)16-26(18-32)30(38)34-28(20-36)24-9-5-2-6-10-24/h1-16,27-28,35-36H,19-20H2,(H,33,37)(H,34,38)/b25-15+,26-16+/t27-,28-/m0/s1. The van der Waals surface area contributed by atoms with E-state index in [-0.39, 0.29) is 24.4 Å². The lowest BCUT2D eigenvalue weighted by Gasteiger charge is -2.16. The summed E-state index contributed by atoms with van der Waals surface area (Å²) < 4.78 is 0. The number of aliphatic hydroxyl groups is 2. The molecule has 0 aliphatic heterocycles. The summed E-state index contributed by atoms with van der Waals surface area (Å²) in [6.45, 7) is -0.649. The van der Waals surface area contributed by atoms with Gasteiger partial charge in [-0.25, -0.2) is 0 Å². The highest BCUT2D eigenvalue weighted by Crippen LogP contribution is 2.16. The molecule has 38 heavy (non-hydrogen) atoms. The van der Waals surface area contributed by atoms with E-state index in [9.17, 15) is 30.3 Å². The second-order valence-corrected chi connectivity index (χ2v) is 8.24. The Labute approximate surface area is 220 Å². The number of hydrogen-bond acceptors (Lipinski definition) is 6. The average Bonchev–Trinajstić information content (AvgIpc) is 2.97. The maximum atomic E-state index is 12.6. The molecule has 0 fully saturated rings. The molecule has 0 radical (unpaired) electrons. The fourth-order valence-electron chi connectivity index (χ4n) is 3.63. The molecule has 2 amide bonds. The molecule has 3 aromatic carbocycles. The first-order valence-electron chi connectivity index (χ1n) is 11.8. The number of aliphatic hydroxyl groups excluding tert-OH is 2. The Morgan fingerprint density at radius 3 is 1.29 bits per heavy atom. The van der Waals surface area contributed by atoms with Crippen LogP contribution in [0.4, 0.5) is 0 Å². The first-order chi connectivity index (χ1) is 18.5. The Kier molecular flexibility index (Phi) is 10.1. The van der Waals surface area contributed by atoms with Crippen molar-refractivity contribution in [2.24, 2.45) is 0 Å². The van der Waals surface area contributed by atoms with Gasteiger partial charge in [-0.2, -0.15) is 10.5 Å². The average molecular weight is 507 g/mol. The number of carbonyl (C=O) groups is 2. The minimum atomic E-state index is -0.657. The van der Waals surface area contributed by atoms with Crippen LogP contribution in [-0.4, -0.2) is 35.2 Å². The zero-order valence-electron chi connectivity index (χ0n) is 20.4. The second kappa shape index (κ2) is 13.9. The molecule has 3 rings (SSSR count). The third-order valence-electron chi connectivity index (χ3n) is 5.67. The van der Waals surface area contributed by atoms with E-state index in [1.165, 1.54) is 12.2 Å². The van der Waals surface area contributed by atoms with Crippen molar-refractivity contribution in [3.8, 4) is 12.1 Å². The van der Waals surface area contributed by atoms with Crippen LogP contribution >= 0.6 is 0 Å². The lowest BCUT2D eigenvalue weighted by Crippen LogP contribution is -2.31. The van der Waals surface area contributed by atoms with Crippen LogP contribution in [0.5, 0.6) is 0 Å². The van der Waals surface area contributed by atoms with E-state index in [1.54, 1.807) is 72.8 Å². The summed E-state index contributed by atoms with van der Waals surface area (Å²) in [5.41, 5.74) is 2.25. The summed E-state index contributed by atoms with van der Waals surface area (Å²) in [6.07, 6.45) is 2.82. The minimum absolute atomic E-state index is 0.143. The molecular weight excluding hydrogens is 480 g/mol. The zero-order valence-corrected chi connectivity index (χ0v) is 20.4. The largest absolute Gasteiger partial charge is 0.394 e. The van der Waals surface area contributed by atoms with Gasteiger partial charge in [-0.3, -0.25) is 9.59 Å².